The fourth-order valence-corrected chi connectivity index (χ4v) is 5.28. The molecule has 1 aromatic carbocycles. The van der Waals surface area contributed by atoms with Crippen molar-refractivity contribution in [2.75, 3.05) is 10.7 Å². The third kappa shape index (κ3) is 3.53. The lowest BCUT2D eigenvalue weighted by atomic mass is 10.0. The molecule has 7 heteroatoms. The lowest BCUT2D eigenvalue weighted by Crippen LogP contribution is -2.51. The predicted octanol–water partition coefficient (Wildman–Crippen LogP) is 3.04. The lowest BCUT2D eigenvalue weighted by molar-refractivity contribution is 0.456. The van der Waals surface area contributed by atoms with Crippen LogP contribution in [0.3, 0.4) is 0 Å². The Balaban J connectivity index is 3.13. The molecule has 3 nitrogen and oxygen atoms in total. The van der Waals surface area contributed by atoms with E-state index in [-0.39, 0.29) is 4.90 Å². The van der Waals surface area contributed by atoms with Crippen LogP contribution in [0, 0.1) is 5.82 Å². The largest absolute Gasteiger partial charge is 0.244 e. The second-order valence-electron chi connectivity index (χ2n) is 3.94. The number of sulfonamides is 1. The van der Waals surface area contributed by atoms with Crippen molar-refractivity contribution in [2.24, 2.45) is 0 Å². The highest BCUT2D eigenvalue weighted by Gasteiger charge is 2.32. The molecule has 0 unspecified atom stereocenters. The summed E-state index contributed by atoms with van der Waals surface area (Å²) >= 11 is 6.57. The van der Waals surface area contributed by atoms with Crippen molar-refractivity contribution in [1.29, 1.82) is 0 Å². The molecule has 0 saturated carbocycles. The lowest BCUT2D eigenvalue weighted by Gasteiger charge is -2.29. The summed E-state index contributed by atoms with van der Waals surface area (Å²) in [4.78, 5) is -0.329. The van der Waals surface area contributed by atoms with E-state index in [2.05, 4.69) is 36.6 Å². The highest BCUT2D eigenvalue weighted by atomic mass is 79.9. The summed E-state index contributed by atoms with van der Waals surface area (Å²) in [5.74, 6) is -0.751. The van der Waals surface area contributed by atoms with Gasteiger partial charge in [0.2, 0.25) is 10.0 Å². The maximum Gasteiger partial charge on any atom is 0.244 e. The molecule has 0 fully saturated rings. The maximum absolute atomic E-state index is 13.5. The molecular formula is C11H14Br2FNO2S. The first-order valence-corrected chi connectivity index (χ1v) is 9.04. The number of halogens is 3. The summed E-state index contributed by atoms with van der Waals surface area (Å²) in [7, 11) is -3.87. The molecule has 0 heterocycles. The van der Waals surface area contributed by atoms with Crippen LogP contribution in [0.15, 0.2) is 29.2 Å². The van der Waals surface area contributed by atoms with E-state index in [1.807, 2.05) is 6.92 Å². The molecule has 0 amide bonds. The normalized spacial score (nSPS) is 12.7. The molecule has 0 aliphatic rings. The van der Waals surface area contributed by atoms with Gasteiger partial charge in [-0.15, -0.1) is 0 Å². The van der Waals surface area contributed by atoms with E-state index < -0.39 is 21.4 Å². The van der Waals surface area contributed by atoms with Crippen LogP contribution >= 0.6 is 31.9 Å². The van der Waals surface area contributed by atoms with E-state index in [0.29, 0.717) is 17.1 Å². The molecular weight excluding hydrogens is 389 g/mol. The van der Waals surface area contributed by atoms with Crippen LogP contribution in [0.2, 0.25) is 0 Å². The topological polar surface area (TPSA) is 46.2 Å². The number of rotatable bonds is 6. The summed E-state index contributed by atoms with van der Waals surface area (Å²) in [5.41, 5.74) is -0.666. The van der Waals surface area contributed by atoms with Gasteiger partial charge in [0.25, 0.3) is 0 Å². The fraction of sp³-hybridized carbons (Fsp3) is 0.455. The molecule has 0 bridgehead atoms. The number of benzene rings is 1. The van der Waals surface area contributed by atoms with Crippen LogP contribution in [-0.2, 0) is 10.0 Å². The van der Waals surface area contributed by atoms with Gasteiger partial charge in [-0.05, 0) is 18.6 Å². The Labute approximate surface area is 123 Å². The molecule has 0 spiro atoms. The number of nitrogens with one attached hydrogen (secondary N) is 1. The van der Waals surface area contributed by atoms with Crippen molar-refractivity contribution < 1.29 is 12.8 Å². The molecule has 1 N–H and O–H groups in total. The van der Waals surface area contributed by atoms with Crippen LogP contribution in [-0.4, -0.2) is 24.6 Å². The zero-order valence-electron chi connectivity index (χ0n) is 9.79. The van der Waals surface area contributed by atoms with Gasteiger partial charge in [0.1, 0.15) is 10.7 Å². The van der Waals surface area contributed by atoms with E-state index >= 15 is 0 Å². The minimum atomic E-state index is -3.87. The monoisotopic (exact) mass is 401 g/mol. The number of hydrogen-bond donors (Lipinski definition) is 1. The second-order valence-corrected chi connectivity index (χ2v) is 6.71. The average molecular weight is 403 g/mol. The van der Waals surface area contributed by atoms with E-state index in [0.717, 1.165) is 6.07 Å². The second kappa shape index (κ2) is 6.45. The van der Waals surface area contributed by atoms with Gasteiger partial charge < -0.3 is 0 Å². The quantitative estimate of drug-likeness (QED) is 0.743. The number of alkyl halides is 2. The van der Waals surface area contributed by atoms with E-state index in [4.69, 9.17) is 0 Å². The molecule has 102 valence electrons. The van der Waals surface area contributed by atoms with E-state index in [1.165, 1.54) is 18.2 Å². The van der Waals surface area contributed by atoms with Crippen LogP contribution in [0.1, 0.15) is 13.3 Å². The smallest absolute Gasteiger partial charge is 0.207 e. The molecule has 0 aliphatic heterocycles. The Morgan fingerprint density at radius 2 is 1.83 bits per heavy atom. The molecule has 0 radical (unpaired) electrons. The first-order chi connectivity index (χ1) is 8.40. The van der Waals surface area contributed by atoms with Crippen LogP contribution in [0.25, 0.3) is 0 Å². The van der Waals surface area contributed by atoms with Crippen molar-refractivity contribution in [3.05, 3.63) is 30.1 Å². The molecule has 0 saturated heterocycles. The van der Waals surface area contributed by atoms with Crippen molar-refractivity contribution in [2.45, 2.75) is 23.8 Å². The fourth-order valence-electron chi connectivity index (χ4n) is 1.35. The summed E-state index contributed by atoms with van der Waals surface area (Å²) in [6.07, 6.45) is 0.581. The van der Waals surface area contributed by atoms with Gasteiger partial charge in [-0.3, -0.25) is 0 Å². The standard InChI is InChI=1S/C11H14Br2FNO2S/c1-2-11(7-12,8-13)15-18(16,17)10-6-4-3-5-9(10)14/h3-6,15H,2,7-8H2,1H3. The Morgan fingerprint density at radius 1 is 1.28 bits per heavy atom. The minimum absolute atomic E-state index is 0.329. The van der Waals surface area contributed by atoms with Crippen molar-refractivity contribution in [1.82, 2.24) is 4.72 Å². The zero-order valence-corrected chi connectivity index (χ0v) is 13.8. The first kappa shape index (κ1) is 16.1. The summed E-state index contributed by atoms with van der Waals surface area (Å²) in [5, 5.41) is 0.880. The molecule has 18 heavy (non-hydrogen) atoms. The van der Waals surface area contributed by atoms with Gasteiger partial charge in [-0.25, -0.2) is 17.5 Å². The molecule has 0 aliphatic carbocycles. The Morgan fingerprint density at radius 3 is 2.28 bits per heavy atom. The highest BCUT2D eigenvalue weighted by molar-refractivity contribution is 9.09. The Kier molecular flexibility index (Phi) is 5.76. The van der Waals surface area contributed by atoms with Crippen LogP contribution in [0.5, 0.6) is 0 Å². The van der Waals surface area contributed by atoms with Crippen LogP contribution in [0.4, 0.5) is 4.39 Å². The highest BCUT2D eigenvalue weighted by Crippen LogP contribution is 2.22. The third-order valence-corrected chi connectivity index (χ3v) is 6.42. The van der Waals surface area contributed by atoms with Gasteiger partial charge in [0, 0.05) is 10.7 Å². The van der Waals surface area contributed by atoms with Crippen LogP contribution < -0.4 is 4.72 Å². The van der Waals surface area contributed by atoms with E-state index in [1.54, 1.807) is 0 Å². The Bertz CT molecular complexity index is 495. The van der Waals surface area contributed by atoms with Crippen molar-refractivity contribution in [3.63, 3.8) is 0 Å². The molecule has 0 atom stereocenters. The van der Waals surface area contributed by atoms with Crippen molar-refractivity contribution in [3.8, 4) is 0 Å². The van der Waals surface area contributed by atoms with Gasteiger partial charge in [0.05, 0.1) is 5.54 Å². The summed E-state index contributed by atoms with van der Waals surface area (Å²) < 4.78 is 40.4. The van der Waals surface area contributed by atoms with Gasteiger partial charge >= 0.3 is 0 Å². The molecule has 1 rings (SSSR count). The van der Waals surface area contributed by atoms with Gasteiger partial charge in [-0.1, -0.05) is 50.9 Å². The predicted molar refractivity (Wildman–Crippen MR) is 77.3 cm³/mol. The average Bonchev–Trinajstić information content (AvgIpc) is 2.36. The summed E-state index contributed by atoms with van der Waals surface area (Å²) in [6, 6.07) is 5.33. The maximum atomic E-state index is 13.5. The number of hydrogen-bond acceptors (Lipinski definition) is 2. The first-order valence-electron chi connectivity index (χ1n) is 5.31. The van der Waals surface area contributed by atoms with Crippen molar-refractivity contribution >= 4 is 41.9 Å². The van der Waals surface area contributed by atoms with Gasteiger partial charge in [-0.2, -0.15) is 0 Å². The molecule has 1 aromatic rings. The Hall–Kier alpha value is 0.0200. The van der Waals surface area contributed by atoms with E-state index in [9.17, 15) is 12.8 Å². The third-order valence-electron chi connectivity index (χ3n) is 2.67. The molecule has 0 aromatic heterocycles. The zero-order chi connectivity index (χ0) is 13.8. The van der Waals surface area contributed by atoms with Gasteiger partial charge in [0.15, 0.2) is 0 Å². The SMILES string of the molecule is CCC(CBr)(CBr)NS(=O)(=O)c1ccccc1F. The summed E-state index contributed by atoms with van der Waals surface area (Å²) in [6.45, 7) is 1.87. The minimum Gasteiger partial charge on any atom is -0.207 e.